The Hall–Kier alpha value is -1.98. The van der Waals surface area contributed by atoms with Crippen molar-refractivity contribution in [3.05, 3.63) is 58.6 Å². The quantitative estimate of drug-likeness (QED) is 0.551. The first-order chi connectivity index (χ1) is 11.9. The van der Waals surface area contributed by atoms with E-state index in [1.165, 1.54) is 6.07 Å². The fourth-order valence-electron chi connectivity index (χ4n) is 3.08. The fraction of sp³-hybridized carbons (Fsp3) is 0.263. The lowest BCUT2D eigenvalue weighted by molar-refractivity contribution is -0.136. The van der Waals surface area contributed by atoms with Crippen LogP contribution < -0.4 is 5.73 Å². The van der Waals surface area contributed by atoms with Crippen LogP contribution >= 0.6 is 11.6 Å². The first-order valence-corrected chi connectivity index (χ1v) is 8.46. The fourth-order valence-corrected chi connectivity index (χ4v) is 3.20. The third-order valence-corrected chi connectivity index (χ3v) is 4.51. The molecule has 25 heavy (non-hydrogen) atoms. The Morgan fingerprint density at radius 1 is 1.00 bits per heavy atom. The van der Waals surface area contributed by atoms with Crippen molar-refractivity contribution in [2.45, 2.75) is 25.4 Å². The molecule has 3 N–H and O–H groups in total. The third-order valence-electron chi connectivity index (χ3n) is 4.26. The van der Waals surface area contributed by atoms with E-state index in [-0.39, 0.29) is 5.52 Å². The topological polar surface area (TPSA) is 41.8 Å². The molecule has 0 atom stereocenters. The number of aromatic amines is 1. The molecule has 0 aliphatic rings. The van der Waals surface area contributed by atoms with Crippen LogP contribution in [0.3, 0.4) is 0 Å². The molecule has 0 amide bonds. The standard InChI is InChI=1S/C19H18ClF3N2/c20-13-9-7-12(8-10-13)17-14(4-1-2-11-24)15-5-3-6-16(18(15)25-17)19(21,22)23/h3,5-10,25H,1-2,4,11,24H2. The lowest BCUT2D eigenvalue weighted by Gasteiger charge is -2.07. The molecule has 2 nitrogen and oxygen atoms in total. The number of hydrogen-bond acceptors (Lipinski definition) is 1. The number of para-hydroxylation sites is 1. The molecule has 132 valence electrons. The third kappa shape index (κ3) is 3.67. The molecule has 3 aromatic rings. The summed E-state index contributed by atoms with van der Waals surface area (Å²) in [7, 11) is 0. The molecule has 0 aliphatic heterocycles. The average Bonchev–Trinajstić information content (AvgIpc) is 2.93. The molecule has 1 aromatic heterocycles. The van der Waals surface area contributed by atoms with Gasteiger partial charge in [-0.3, -0.25) is 0 Å². The van der Waals surface area contributed by atoms with Crippen LogP contribution in [0.4, 0.5) is 13.2 Å². The molecule has 0 radical (unpaired) electrons. The van der Waals surface area contributed by atoms with E-state index in [1.54, 1.807) is 18.2 Å². The largest absolute Gasteiger partial charge is 0.418 e. The van der Waals surface area contributed by atoms with Gasteiger partial charge in [-0.1, -0.05) is 35.9 Å². The number of unbranched alkanes of at least 4 members (excludes halogenated alkanes) is 1. The second-order valence-corrected chi connectivity index (χ2v) is 6.39. The zero-order valence-electron chi connectivity index (χ0n) is 13.5. The summed E-state index contributed by atoms with van der Waals surface area (Å²) in [5.41, 5.74) is 7.45. The highest BCUT2D eigenvalue weighted by Gasteiger charge is 2.33. The number of nitrogens with two attached hydrogens (primary N) is 1. The number of alkyl halides is 3. The summed E-state index contributed by atoms with van der Waals surface area (Å²) >= 11 is 5.93. The van der Waals surface area contributed by atoms with Crippen LogP contribution in [-0.2, 0) is 12.6 Å². The first kappa shape index (κ1) is 17.8. The number of nitrogens with one attached hydrogen (secondary N) is 1. The summed E-state index contributed by atoms with van der Waals surface area (Å²) in [6, 6.07) is 11.4. The summed E-state index contributed by atoms with van der Waals surface area (Å²) in [6.45, 7) is 0.562. The van der Waals surface area contributed by atoms with Gasteiger partial charge in [0.2, 0.25) is 0 Å². The molecular formula is C19H18ClF3N2. The van der Waals surface area contributed by atoms with Crippen LogP contribution in [0, 0.1) is 0 Å². The first-order valence-electron chi connectivity index (χ1n) is 8.08. The molecule has 2 aromatic carbocycles. The van der Waals surface area contributed by atoms with E-state index < -0.39 is 11.7 Å². The van der Waals surface area contributed by atoms with Gasteiger partial charge in [0.1, 0.15) is 0 Å². The minimum atomic E-state index is -4.41. The van der Waals surface area contributed by atoms with E-state index >= 15 is 0 Å². The molecule has 0 fully saturated rings. The summed E-state index contributed by atoms with van der Waals surface area (Å²) in [5.74, 6) is 0. The Morgan fingerprint density at radius 3 is 2.36 bits per heavy atom. The van der Waals surface area contributed by atoms with Crippen molar-refractivity contribution in [1.29, 1.82) is 0 Å². The van der Waals surface area contributed by atoms with Crippen LogP contribution in [0.15, 0.2) is 42.5 Å². The lowest BCUT2D eigenvalue weighted by atomic mass is 9.99. The molecular weight excluding hydrogens is 349 g/mol. The molecule has 0 saturated carbocycles. The van der Waals surface area contributed by atoms with Gasteiger partial charge in [0.25, 0.3) is 0 Å². The maximum atomic E-state index is 13.4. The zero-order chi connectivity index (χ0) is 18.0. The van der Waals surface area contributed by atoms with Crippen molar-refractivity contribution in [3.8, 4) is 11.3 Å². The predicted octanol–water partition coefficient (Wildman–Crippen LogP) is 5.79. The highest BCUT2D eigenvalue weighted by atomic mass is 35.5. The average molecular weight is 367 g/mol. The van der Waals surface area contributed by atoms with Crippen molar-refractivity contribution in [3.63, 3.8) is 0 Å². The lowest BCUT2D eigenvalue weighted by Crippen LogP contribution is -2.05. The van der Waals surface area contributed by atoms with Crippen molar-refractivity contribution in [2.75, 3.05) is 6.54 Å². The van der Waals surface area contributed by atoms with E-state index in [0.717, 1.165) is 30.0 Å². The maximum absolute atomic E-state index is 13.4. The van der Waals surface area contributed by atoms with Crippen LogP contribution in [0.5, 0.6) is 0 Å². The van der Waals surface area contributed by atoms with Crippen LogP contribution in [0.2, 0.25) is 5.02 Å². The molecule has 0 unspecified atom stereocenters. The highest BCUT2D eigenvalue weighted by molar-refractivity contribution is 6.30. The number of fused-ring (bicyclic) bond motifs is 1. The maximum Gasteiger partial charge on any atom is 0.418 e. The number of H-pyrrole nitrogens is 1. The summed E-state index contributed by atoms with van der Waals surface area (Å²) in [4.78, 5) is 3.01. The highest BCUT2D eigenvalue weighted by Crippen LogP contribution is 2.39. The van der Waals surface area contributed by atoms with Gasteiger partial charge in [0.15, 0.2) is 0 Å². The molecule has 0 spiro atoms. The Bertz CT molecular complexity index is 867. The summed E-state index contributed by atoms with van der Waals surface area (Å²) in [6.07, 6.45) is -2.10. The van der Waals surface area contributed by atoms with Gasteiger partial charge >= 0.3 is 6.18 Å². The van der Waals surface area contributed by atoms with Gasteiger partial charge in [0.05, 0.1) is 11.1 Å². The minimum Gasteiger partial charge on any atom is -0.354 e. The second-order valence-electron chi connectivity index (χ2n) is 5.96. The van der Waals surface area contributed by atoms with Gasteiger partial charge in [-0.05, 0) is 55.1 Å². The summed E-state index contributed by atoms with van der Waals surface area (Å²) in [5, 5.41) is 1.19. The summed E-state index contributed by atoms with van der Waals surface area (Å²) < 4.78 is 40.1. The Kier molecular flexibility index (Phi) is 5.06. The van der Waals surface area contributed by atoms with Gasteiger partial charge in [-0.25, -0.2) is 0 Å². The van der Waals surface area contributed by atoms with Crippen molar-refractivity contribution >= 4 is 22.5 Å². The number of hydrogen-bond donors (Lipinski definition) is 2. The Labute approximate surface area is 148 Å². The predicted molar refractivity (Wildman–Crippen MR) is 95.7 cm³/mol. The van der Waals surface area contributed by atoms with E-state index in [9.17, 15) is 13.2 Å². The zero-order valence-corrected chi connectivity index (χ0v) is 14.2. The molecule has 0 aliphatic carbocycles. The Balaban J connectivity index is 2.19. The smallest absolute Gasteiger partial charge is 0.354 e. The number of aryl methyl sites for hydroxylation is 1. The number of benzene rings is 2. The second kappa shape index (κ2) is 7.10. The van der Waals surface area contributed by atoms with Gasteiger partial charge in [-0.2, -0.15) is 13.2 Å². The molecule has 0 bridgehead atoms. The van der Waals surface area contributed by atoms with E-state index in [2.05, 4.69) is 4.98 Å². The molecule has 6 heteroatoms. The normalized spacial score (nSPS) is 12.0. The molecule has 3 rings (SSSR count). The van der Waals surface area contributed by atoms with Crippen molar-refractivity contribution in [1.82, 2.24) is 4.98 Å². The monoisotopic (exact) mass is 366 g/mol. The number of halogens is 4. The van der Waals surface area contributed by atoms with Crippen LogP contribution in [0.1, 0.15) is 24.0 Å². The minimum absolute atomic E-state index is 0.127. The number of rotatable bonds is 5. The van der Waals surface area contributed by atoms with Gasteiger partial charge < -0.3 is 10.7 Å². The van der Waals surface area contributed by atoms with Crippen molar-refractivity contribution in [2.24, 2.45) is 5.73 Å². The van der Waals surface area contributed by atoms with Crippen LogP contribution in [-0.4, -0.2) is 11.5 Å². The van der Waals surface area contributed by atoms with Gasteiger partial charge in [0, 0.05) is 16.1 Å². The molecule has 0 saturated heterocycles. The van der Waals surface area contributed by atoms with E-state index in [0.29, 0.717) is 29.1 Å². The molecule has 1 heterocycles. The van der Waals surface area contributed by atoms with Crippen LogP contribution in [0.25, 0.3) is 22.2 Å². The van der Waals surface area contributed by atoms with Crippen molar-refractivity contribution < 1.29 is 13.2 Å². The van der Waals surface area contributed by atoms with Gasteiger partial charge in [-0.15, -0.1) is 0 Å². The SMILES string of the molecule is NCCCCc1c(-c2ccc(Cl)cc2)[nH]c2c(C(F)(F)F)cccc12. The van der Waals surface area contributed by atoms with E-state index in [1.807, 2.05) is 12.1 Å². The Morgan fingerprint density at radius 2 is 1.72 bits per heavy atom. The number of aromatic nitrogens is 1. The van der Waals surface area contributed by atoms with E-state index in [4.69, 9.17) is 17.3 Å².